The van der Waals surface area contributed by atoms with E-state index >= 15 is 0 Å². The lowest BCUT2D eigenvalue weighted by Gasteiger charge is -2.23. The molecule has 1 unspecified atom stereocenters. The third-order valence-electron chi connectivity index (χ3n) is 3.05. The Bertz CT molecular complexity index is 290. The number of hydrogen-bond acceptors (Lipinski definition) is 3. The molecule has 1 aromatic rings. The van der Waals surface area contributed by atoms with E-state index in [2.05, 4.69) is 29.0 Å². The highest BCUT2D eigenvalue weighted by atomic mass is 32.1. The maximum atomic E-state index is 3.63. The van der Waals surface area contributed by atoms with Gasteiger partial charge >= 0.3 is 0 Å². The molecule has 15 heavy (non-hydrogen) atoms. The topological polar surface area (TPSA) is 24.1 Å². The molecule has 2 nitrogen and oxygen atoms in total. The average Bonchev–Trinajstić information content (AvgIpc) is 2.66. The van der Waals surface area contributed by atoms with Crippen LogP contribution < -0.4 is 10.6 Å². The molecule has 1 atom stereocenters. The minimum Gasteiger partial charge on any atom is -0.315 e. The summed E-state index contributed by atoms with van der Waals surface area (Å²) in [4.78, 5) is 1.53. The Balaban J connectivity index is 1.68. The van der Waals surface area contributed by atoms with Crippen LogP contribution in [0.4, 0.5) is 0 Å². The molecule has 3 heteroatoms. The monoisotopic (exact) mass is 224 g/mol. The van der Waals surface area contributed by atoms with Gasteiger partial charge in [0, 0.05) is 24.0 Å². The number of thiophene rings is 1. The summed E-state index contributed by atoms with van der Waals surface area (Å²) in [7, 11) is 0. The van der Waals surface area contributed by atoms with Crippen molar-refractivity contribution in [3.05, 3.63) is 21.9 Å². The van der Waals surface area contributed by atoms with Crippen molar-refractivity contribution in [2.24, 2.45) is 0 Å². The number of rotatable bonds is 4. The van der Waals surface area contributed by atoms with Crippen molar-refractivity contribution in [3.8, 4) is 0 Å². The minimum atomic E-state index is 0.694. The van der Waals surface area contributed by atoms with Crippen molar-refractivity contribution in [3.63, 3.8) is 0 Å². The van der Waals surface area contributed by atoms with Crippen LogP contribution in [0.5, 0.6) is 0 Å². The van der Waals surface area contributed by atoms with Gasteiger partial charge in [-0.2, -0.15) is 0 Å². The van der Waals surface area contributed by atoms with Crippen LogP contribution in [0.3, 0.4) is 0 Å². The van der Waals surface area contributed by atoms with Crippen molar-refractivity contribution in [1.82, 2.24) is 10.6 Å². The van der Waals surface area contributed by atoms with Gasteiger partial charge in [0.15, 0.2) is 0 Å². The van der Waals surface area contributed by atoms with Gasteiger partial charge in [0.1, 0.15) is 0 Å². The van der Waals surface area contributed by atoms with E-state index in [1.165, 1.54) is 36.2 Å². The maximum absolute atomic E-state index is 3.63. The van der Waals surface area contributed by atoms with Crippen LogP contribution in [0.1, 0.15) is 23.3 Å². The Hall–Kier alpha value is -0.380. The zero-order valence-corrected chi connectivity index (χ0v) is 10.2. The molecule has 1 aliphatic heterocycles. The second-order valence-corrected chi connectivity index (χ2v) is 5.27. The zero-order valence-electron chi connectivity index (χ0n) is 9.38. The Labute approximate surface area is 96.1 Å². The van der Waals surface area contributed by atoms with Crippen LogP contribution in [-0.4, -0.2) is 25.7 Å². The third kappa shape index (κ3) is 3.30. The fraction of sp³-hybridized carbons (Fsp3) is 0.667. The minimum absolute atomic E-state index is 0.694. The van der Waals surface area contributed by atoms with Crippen LogP contribution in [0.25, 0.3) is 0 Å². The van der Waals surface area contributed by atoms with Gasteiger partial charge in [-0.1, -0.05) is 0 Å². The molecule has 0 amide bonds. The molecule has 0 aromatic carbocycles. The van der Waals surface area contributed by atoms with E-state index in [0.29, 0.717) is 6.04 Å². The van der Waals surface area contributed by atoms with Crippen molar-refractivity contribution in [2.45, 2.75) is 32.2 Å². The van der Waals surface area contributed by atoms with E-state index in [4.69, 9.17) is 0 Å². The highest BCUT2D eigenvalue weighted by Crippen LogP contribution is 2.15. The maximum Gasteiger partial charge on any atom is 0.0193 e. The Kier molecular flexibility index (Phi) is 4.18. The van der Waals surface area contributed by atoms with Crippen LogP contribution in [0.15, 0.2) is 11.4 Å². The predicted molar refractivity (Wildman–Crippen MR) is 66.7 cm³/mol. The summed E-state index contributed by atoms with van der Waals surface area (Å²) in [5.74, 6) is 0. The van der Waals surface area contributed by atoms with Crippen LogP contribution >= 0.6 is 11.3 Å². The number of piperidine rings is 1. The van der Waals surface area contributed by atoms with E-state index < -0.39 is 0 Å². The molecule has 2 rings (SSSR count). The van der Waals surface area contributed by atoms with Crippen molar-refractivity contribution >= 4 is 11.3 Å². The first-order valence-electron chi connectivity index (χ1n) is 5.83. The SMILES string of the molecule is Cc1ccsc1CCNC1CCCNC1. The summed E-state index contributed by atoms with van der Waals surface area (Å²) in [5.41, 5.74) is 1.45. The van der Waals surface area contributed by atoms with Crippen LogP contribution in [0, 0.1) is 6.92 Å². The normalized spacial score (nSPS) is 21.8. The summed E-state index contributed by atoms with van der Waals surface area (Å²) < 4.78 is 0. The van der Waals surface area contributed by atoms with Gasteiger partial charge < -0.3 is 10.6 Å². The van der Waals surface area contributed by atoms with Crippen molar-refractivity contribution in [2.75, 3.05) is 19.6 Å². The number of hydrogen-bond donors (Lipinski definition) is 2. The lowest BCUT2D eigenvalue weighted by atomic mass is 10.1. The molecular weight excluding hydrogens is 204 g/mol. The van der Waals surface area contributed by atoms with E-state index in [-0.39, 0.29) is 0 Å². The molecule has 1 fully saturated rings. The second-order valence-electron chi connectivity index (χ2n) is 4.27. The Morgan fingerprint density at radius 3 is 3.20 bits per heavy atom. The summed E-state index contributed by atoms with van der Waals surface area (Å²) in [6, 6.07) is 2.90. The van der Waals surface area contributed by atoms with Gasteiger partial charge in [-0.15, -0.1) is 11.3 Å². The molecule has 1 aromatic heterocycles. The molecule has 1 saturated heterocycles. The van der Waals surface area contributed by atoms with E-state index in [0.717, 1.165) is 13.1 Å². The predicted octanol–water partition coefficient (Wildman–Crippen LogP) is 1.94. The first kappa shape index (κ1) is 11.1. The fourth-order valence-corrected chi connectivity index (χ4v) is 2.99. The molecule has 0 bridgehead atoms. The summed E-state index contributed by atoms with van der Waals surface area (Å²) >= 11 is 1.88. The highest BCUT2D eigenvalue weighted by molar-refractivity contribution is 7.10. The third-order valence-corrected chi connectivity index (χ3v) is 4.13. The standard InChI is InChI=1S/C12H20N2S/c1-10-5-8-15-12(10)4-7-14-11-3-2-6-13-9-11/h5,8,11,13-14H,2-4,6-7,9H2,1H3. The van der Waals surface area contributed by atoms with Crippen LogP contribution in [0.2, 0.25) is 0 Å². The molecule has 2 N–H and O–H groups in total. The van der Waals surface area contributed by atoms with E-state index in [1.54, 1.807) is 0 Å². The van der Waals surface area contributed by atoms with Gasteiger partial charge in [0.25, 0.3) is 0 Å². The number of nitrogens with one attached hydrogen (secondary N) is 2. The van der Waals surface area contributed by atoms with Crippen molar-refractivity contribution in [1.29, 1.82) is 0 Å². The molecule has 1 aliphatic rings. The smallest absolute Gasteiger partial charge is 0.0193 e. The molecular formula is C12H20N2S. The zero-order chi connectivity index (χ0) is 10.5. The lowest BCUT2D eigenvalue weighted by Crippen LogP contribution is -2.43. The van der Waals surface area contributed by atoms with E-state index in [1.807, 2.05) is 11.3 Å². The summed E-state index contributed by atoms with van der Waals surface area (Å²) in [6.07, 6.45) is 3.83. The first-order valence-corrected chi connectivity index (χ1v) is 6.71. The van der Waals surface area contributed by atoms with Crippen LogP contribution in [-0.2, 0) is 6.42 Å². The molecule has 0 saturated carbocycles. The highest BCUT2D eigenvalue weighted by Gasteiger charge is 2.11. The Morgan fingerprint density at radius 1 is 1.60 bits per heavy atom. The fourth-order valence-electron chi connectivity index (χ4n) is 2.08. The van der Waals surface area contributed by atoms with Gasteiger partial charge in [0.2, 0.25) is 0 Å². The molecule has 84 valence electrons. The first-order chi connectivity index (χ1) is 7.36. The van der Waals surface area contributed by atoms with Gasteiger partial charge in [-0.3, -0.25) is 0 Å². The lowest BCUT2D eigenvalue weighted by molar-refractivity contribution is 0.392. The van der Waals surface area contributed by atoms with E-state index in [9.17, 15) is 0 Å². The summed E-state index contributed by atoms with van der Waals surface area (Å²) in [5, 5.41) is 9.25. The van der Waals surface area contributed by atoms with Crippen molar-refractivity contribution < 1.29 is 0 Å². The van der Waals surface area contributed by atoms with Gasteiger partial charge in [-0.25, -0.2) is 0 Å². The average molecular weight is 224 g/mol. The molecule has 0 aliphatic carbocycles. The molecule has 0 radical (unpaired) electrons. The van der Waals surface area contributed by atoms with Gasteiger partial charge in [-0.05, 0) is 49.7 Å². The molecule has 2 heterocycles. The molecule has 0 spiro atoms. The number of aryl methyl sites for hydroxylation is 1. The Morgan fingerprint density at radius 2 is 2.53 bits per heavy atom. The van der Waals surface area contributed by atoms with Gasteiger partial charge in [0.05, 0.1) is 0 Å². The quantitative estimate of drug-likeness (QED) is 0.817. The second kappa shape index (κ2) is 5.64. The summed E-state index contributed by atoms with van der Waals surface area (Å²) in [6.45, 7) is 5.66. The largest absolute Gasteiger partial charge is 0.315 e.